The number of primary sulfonamides is 1. The first-order valence-corrected chi connectivity index (χ1v) is 7.67. The lowest BCUT2D eigenvalue weighted by atomic mass is 10.0. The Morgan fingerprint density at radius 2 is 1.83 bits per heavy atom. The molecule has 1 amide bonds. The highest BCUT2D eigenvalue weighted by atomic mass is 32.2. The van der Waals surface area contributed by atoms with Crippen LogP contribution < -0.4 is 5.14 Å². The minimum absolute atomic E-state index is 0.245. The van der Waals surface area contributed by atoms with Crippen molar-refractivity contribution in [3.8, 4) is 0 Å². The Balaban J connectivity index is 1.77. The second-order valence-electron chi connectivity index (χ2n) is 4.94. The molecule has 2 aliphatic heterocycles. The van der Waals surface area contributed by atoms with E-state index in [4.69, 9.17) is 10.2 Å². The minimum atomic E-state index is -3.42. The zero-order valence-electron chi connectivity index (χ0n) is 10.2. The highest BCUT2D eigenvalue weighted by Crippen LogP contribution is 2.22. The minimum Gasteiger partial charge on any atom is -0.387 e. The maximum atomic E-state index is 11.2. The third-order valence-corrected chi connectivity index (χ3v) is 5.21. The Morgan fingerprint density at radius 1 is 1.28 bits per heavy atom. The van der Waals surface area contributed by atoms with Crippen LogP contribution in [0, 0.1) is 0 Å². The van der Waals surface area contributed by atoms with E-state index in [9.17, 15) is 13.2 Å². The summed E-state index contributed by atoms with van der Waals surface area (Å²) < 4.78 is 22.4. The quantitative estimate of drug-likeness (QED) is 0.617. The molecule has 0 aromatic heterocycles. The molecule has 0 radical (unpaired) electrons. The van der Waals surface area contributed by atoms with Crippen LogP contribution >= 0.6 is 0 Å². The van der Waals surface area contributed by atoms with Gasteiger partial charge in [-0.25, -0.2) is 13.6 Å². The highest BCUT2D eigenvalue weighted by Gasteiger charge is 2.37. The fourth-order valence-corrected chi connectivity index (χ4v) is 3.43. The Kier molecular flexibility index (Phi) is 3.90. The first-order valence-electron chi connectivity index (χ1n) is 6.06. The summed E-state index contributed by atoms with van der Waals surface area (Å²) in [6.07, 6.45) is 1.12. The first-order chi connectivity index (χ1) is 8.41. The number of aliphatic hydroxyl groups is 1. The largest absolute Gasteiger partial charge is 0.387 e. The number of sulfonamides is 1. The van der Waals surface area contributed by atoms with E-state index in [0.29, 0.717) is 45.1 Å². The summed E-state index contributed by atoms with van der Waals surface area (Å²) in [5, 5.41) is 13.4. The van der Waals surface area contributed by atoms with Gasteiger partial charge in [0, 0.05) is 19.1 Å². The van der Waals surface area contributed by atoms with Crippen molar-refractivity contribution in [2.45, 2.75) is 24.1 Å². The molecule has 18 heavy (non-hydrogen) atoms. The third kappa shape index (κ3) is 2.82. The van der Waals surface area contributed by atoms with Crippen LogP contribution in [0.4, 0.5) is 0 Å². The van der Waals surface area contributed by atoms with Crippen molar-refractivity contribution in [3.05, 3.63) is 0 Å². The van der Waals surface area contributed by atoms with Gasteiger partial charge < -0.3 is 10.0 Å². The third-order valence-electron chi connectivity index (χ3n) is 3.81. The van der Waals surface area contributed by atoms with Gasteiger partial charge in [0.05, 0.1) is 5.25 Å². The molecule has 0 spiro atoms. The monoisotopic (exact) mass is 277 g/mol. The van der Waals surface area contributed by atoms with Crippen LogP contribution in [0.15, 0.2) is 0 Å². The van der Waals surface area contributed by atoms with Crippen LogP contribution in [-0.4, -0.2) is 73.3 Å². The van der Waals surface area contributed by atoms with Gasteiger partial charge in [-0.1, -0.05) is 0 Å². The summed E-state index contributed by atoms with van der Waals surface area (Å²) >= 11 is 0. The van der Waals surface area contributed by atoms with Gasteiger partial charge in [0.25, 0.3) is 0 Å². The second kappa shape index (κ2) is 5.12. The topological polar surface area (TPSA) is 104 Å². The number of nitrogens with zero attached hydrogens (tertiary/aromatic N) is 2. The zero-order valence-corrected chi connectivity index (χ0v) is 11.0. The molecule has 104 valence electrons. The molecule has 0 aliphatic carbocycles. The number of carbonyl (C=O) groups is 1. The van der Waals surface area contributed by atoms with E-state index in [1.54, 1.807) is 4.90 Å². The van der Waals surface area contributed by atoms with Crippen LogP contribution in [0.25, 0.3) is 0 Å². The summed E-state index contributed by atoms with van der Waals surface area (Å²) in [7, 11) is -3.42. The highest BCUT2D eigenvalue weighted by molar-refractivity contribution is 7.89. The van der Waals surface area contributed by atoms with Crippen molar-refractivity contribution in [1.29, 1.82) is 0 Å². The number of rotatable bonds is 3. The zero-order chi connectivity index (χ0) is 13.3. The number of nitrogens with two attached hydrogens (primary N) is 1. The average molecular weight is 277 g/mol. The van der Waals surface area contributed by atoms with E-state index in [1.807, 2.05) is 0 Å². The van der Waals surface area contributed by atoms with Gasteiger partial charge in [-0.3, -0.25) is 9.69 Å². The molecule has 2 heterocycles. The van der Waals surface area contributed by atoms with E-state index in [2.05, 4.69) is 4.90 Å². The van der Waals surface area contributed by atoms with Crippen LogP contribution in [0.1, 0.15) is 12.8 Å². The summed E-state index contributed by atoms with van der Waals surface area (Å²) in [6.45, 7) is 2.21. The molecule has 3 N–H and O–H groups in total. The molecule has 2 fully saturated rings. The number of hydrogen-bond donors (Lipinski definition) is 2. The maximum absolute atomic E-state index is 11.2. The van der Waals surface area contributed by atoms with Gasteiger partial charge in [-0.05, 0) is 25.9 Å². The summed E-state index contributed by atoms with van der Waals surface area (Å²) in [6, 6.07) is 0.293. The van der Waals surface area contributed by atoms with Crippen molar-refractivity contribution >= 4 is 15.9 Å². The molecular weight excluding hydrogens is 258 g/mol. The maximum Gasteiger partial charge on any atom is 0.248 e. The average Bonchev–Trinajstić information content (AvgIpc) is 2.26. The number of likely N-dealkylation sites (tertiary alicyclic amines) is 2. The lowest BCUT2D eigenvalue weighted by molar-refractivity contribution is -0.141. The molecule has 0 saturated carbocycles. The SMILES string of the molecule is NS(=O)(=O)C1CCN(C2CN(C(=O)CO)C2)CC1. The number of piperidine rings is 1. The van der Waals surface area contributed by atoms with Crippen LogP contribution in [0.5, 0.6) is 0 Å². The molecule has 2 saturated heterocycles. The Labute approximate surface area is 107 Å². The molecule has 0 atom stereocenters. The van der Waals surface area contributed by atoms with Gasteiger partial charge in [-0.15, -0.1) is 0 Å². The number of carbonyl (C=O) groups excluding carboxylic acids is 1. The van der Waals surface area contributed by atoms with Gasteiger partial charge >= 0.3 is 0 Å². The molecule has 0 aromatic carbocycles. The second-order valence-corrected chi connectivity index (χ2v) is 6.78. The van der Waals surface area contributed by atoms with Gasteiger partial charge in [0.2, 0.25) is 15.9 Å². The number of aliphatic hydroxyl groups excluding tert-OH is 1. The van der Waals surface area contributed by atoms with E-state index < -0.39 is 21.9 Å². The van der Waals surface area contributed by atoms with Crippen LogP contribution in [-0.2, 0) is 14.8 Å². The van der Waals surface area contributed by atoms with E-state index in [-0.39, 0.29) is 5.91 Å². The summed E-state index contributed by atoms with van der Waals surface area (Å²) in [5.74, 6) is -0.245. The molecule has 2 aliphatic rings. The fraction of sp³-hybridized carbons (Fsp3) is 0.900. The number of hydrogen-bond acceptors (Lipinski definition) is 5. The van der Waals surface area contributed by atoms with Crippen LogP contribution in [0.3, 0.4) is 0 Å². The molecular formula is C10H19N3O4S. The predicted molar refractivity (Wildman–Crippen MR) is 65.2 cm³/mol. The van der Waals surface area contributed by atoms with E-state index in [1.165, 1.54) is 0 Å². The lowest BCUT2D eigenvalue weighted by Crippen LogP contribution is -2.63. The smallest absolute Gasteiger partial charge is 0.248 e. The van der Waals surface area contributed by atoms with Gasteiger partial charge in [-0.2, -0.15) is 0 Å². The molecule has 0 bridgehead atoms. The molecule has 7 nitrogen and oxygen atoms in total. The van der Waals surface area contributed by atoms with Crippen molar-refractivity contribution in [1.82, 2.24) is 9.80 Å². The number of amides is 1. The fourth-order valence-electron chi connectivity index (χ4n) is 2.56. The van der Waals surface area contributed by atoms with Gasteiger partial charge in [0.1, 0.15) is 6.61 Å². The van der Waals surface area contributed by atoms with E-state index >= 15 is 0 Å². The van der Waals surface area contributed by atoms with Crippen molar-refractivity contribution in [3.63, 3.8) is 0 Å². The lowest BCUT2D eigenvalue weighted by Gasteiger charge is -2.47. The Bertz CT molecular complexity index is 411. The molecule has 8 heteroatoms. The molecule has 0 unspecified atom stereocenters. The van der Waals surface area contributed by atoms with E-state index in [0.717, 1.165) is 0 Å². The predicted octanol–water partition coefficient (Wildman–Crippen LogP) is -2.06. The van der Waals surface area contributed by atoms with Crippen molar-refractivity contribution in [2.24, 2.45) is 5.14 Å². The standard InChI is InChI=1S/C10H19N3O4S/c11-18(16,17)9-1-3-12(4-2-9)8-5-13(6-8)10(15)7-14/h8-9,14H,1-7H2,(H2,11,16,17). The normalized spacial score (nSPS) is 24.0. The molecule has 0 aromatic rings. The Hall–Kier alpha value is -0.700. The first kappa shape index (κ1) is 13.7. The van der Waals surface area contributed by atoms with Gasteiger partial charge in [0.15, 0.2) is 0 Å². The molecule has 2 rings (SSSR count). The Morgan fingerprint density at radius 3 is 2.28 bits per heavy atom. The van der Waals surface area contributed by atoms with Crippen LogP contribution in [0.2, 0.25) is 0 Å². The summed E-state index contributed by atoms with van der Waals surface area (Å²) in [5.41, 5.74) is 0. The summed E-state index contributed by atoms with van der Waals surface area (Å²) in [4.78, 5) is 15.0. The van der Waals surface area contributed by atoms with Crippen molar-refractivity contribution in [2.75, 3.05) is 32.8 Å². The van der Waals surface area contributed by atoms with Crippen molar-refractivity contribution < 1.29 is 18.3 Å².